The zero-order valence-electron chi connectivity index (χ0n) is 11.5. The third kappa shape index (κ3) is 2.95. The smallest absolute Gasteiger partial charge is 0.277 e. The molecule has 7 nitrogen and oxygen atoms in total. The van der Waals surface area contributed by atoms with Crippen LogP contribution in [0.5, 0.6) is 5.75 Å². The van der Waals surface area contributed by atoms with E-state index in [1.165, 1.54) is 11.6 Å². The van der Waals surface area contributed by atoms with Crippen molar-refractivity contribution in [2.45, 2.75) is 6.92 Å². The van der Waals surface area contributed by atoms with Gasteiger partial charge in [-0.2, -0.15) is 0 Å². The van der Waals surface area contributed by atoms with Crippen molar-refractivity contribution in [3.05, 3.63) is 40.2 Å². The topological polar surface area (TPSA) is 102 Å². The maximum absolute atomic E-state index is 11.7. The van der Waals surface area contributed by atoms with E-state index < -0.39 is 11.3 Å². The van der Waals surface area contributed by atoms with Gasteiger partial charge in [0.2, 0.25) is 0 Å². The van der Waals surface area contributed by atoms with Crippen LogP contribution in [0.15, 0.2) is 29.1 Å². The van der Waals surface area contributed by atoms with Crippen LogP contribution in [0.1, 0.15) is 17.3 Å². The molecular formula is C13H14N4O3S. The number of rotatable bonds is 3. The van der Waals surface area contributed by atoms with Crippen LogP contribution in [0.4, 0.5) is 11.5 Å². The monoisotopic (exact) mass is 306 g/mol. The Kier molecular flexibility index (Phi) is 4.08. The summed E-state index contributed by atoms with van der Waals surface area (Å²) in [4.78, 5) is 23.0. The van der Waals surface area contributed by atoms with Crippen LogP contribution in [0.3, 0.4) is 0 Å². The fourth-order valence-corrected chi connectivity index (χ4v) is 2.06. The molecule has 1 aromatic heterocycles. The molecule has 0 spiro atoms. The lowest BCUT2D eigenvalue weighted by molar-refractivity contribution is 0.101. The van der Waals surface area contributed by atoms with E-state index in [0.717, 1.165) is 0 Å². The van der Waals surface area contributed by atoms with Crippen LogP contribution in [0, 0.1) is 0 Å². The van der Waals surface area contributed by atoms with Gasteiger partial charge in [0.05, 0.1) is 7.11 Å². The maximum atomic E-state index is 11.7. The largest absolute Gasteiger partial charge is 0.497 e. The number of ether oxygens (including phenoxy) is 1. The van der Waals surface area contributed by atoms with Gasteiger partial charge in [0.25, 0.3) is 5.56 Å². The quantitative estimate of drug-likeness (QED) is 0.582. The lowest BCUT2D eigenvalue weighted by atomic mass is 10.2. The number of nitrogen functional groups attached to an aromatic ring is 1. The number of carbonyl (C=O) groups is 1. The van der Waals surface area contributed by atoms with Crippen molar-refractivity contribution in [1.82, 2.24) is 9.78 Å². The van der Waals surface area contributed by atoms with E-state index in [2.05, 4.69) is 10.4 Å². The number of benzene rings is 1. The Balaban J connectivity index is 2.26. The second-order valence-electron chi connectivity index (χ2n) is 4.25. The van der Waals surface area contributed by atoms with E-state index in [4.69, 9.17) is 22.7 Å². The highest BCUT2D eigenvalue weighted by Crippen LogP contribution is 2.16. The summed E-state index contributed by atoms with van der Waals surface area (Å²) in [5, 5.41) is 5.49. The van der Waals surface area contributed by atoms with Crippen LogP contribution in [-0.4, -0.2) is 27.8 Å². The molecule has 2 aromatic rings. The number of ketones is 1. The number of Topliss-reactive ketones (excluding diaryl/α,β-unsaturated/α-hetero) is 1. The summed E-state index contributed by atoms with van der Waals surface area (Å²) in [5.41, 5.74) is 5.79. The number of thiocarbonyl (C=S) groups is 1. The van der Waals surface area contributed by atoms with Crippen LogP contribution < -0.4 is 21.3 Å². The minimum Gasteiger partial charge on any atom is -0.497 e. The Hall–Kier alpha value is -2.61. The van der Waals surface area contributed by atoms with Gasteiger partial charge in [-0.05, 0) is 43.4 Å². The lowest BCUT2D eigenvalue weighted by Gasteiger charge is -2.10. The molecule has 8 heteroatoms. The first-order chi connectivity index (χ1) is 9.93. The number of aromatic amines is 1. The number of H-pyrrole nitrogens is 1. The molecule has 0 radical (unpaired) electrons. The van der Waals surface area contributed by atoms with E-state index >= 15 is 0 Å². The number of aromatic nitrogens is 2. The van der Waals surface area contributed by atoms with Crippen molar-refractivity contribution in [3.8, 4) is 5.75 Å². The zero-order valence-corrected chi connectivity index (χ0v) is 12.3. The normalized spacial score (nSPS) is 10.2. The SMILES string of the molecule is COc1ccc(NC(=S)n2[nH]c(=O)c(C(C)=O)c2N)cc1. The third-order valence-electron chi connectivity index (χ3n) is 2.83. The molecule has 0 atom stereocenters. The van der Waals surface area contributed by atoms with Gasteiger partial charge in [0.1, 0.15) is 17.1 Å². The summed E-state index contributed by atoms with van der Waals surface area (Å²) >= 11 is 5.17. The van der Waals surface area contributed by atoms with Crippen molar-refractivity contribution in [1.29, 1.82) is 0 Å². The number of nitrogens with two attached hydrogens (primary N) is 1. The van der Waals surface area contributed by atoms with Gasteiger partial charge in [-0.1, -0.05) is 0 Å². The van der Waals surface area contributed by atoms with Crippen molar-refractivity contribution in [2.24, 2.45) is 0 Å². The molecule has 0 unspecified atom stereocenters. The molecule has 0 aliphatic heterocycles. The van der Waals surface area contributed by atoms with Crippen molar-refractivity contribution < 1.29 is 9.53 Å². The summed E-state index contributed by atoms with van der Waals surface area (Å²) in [6, 6.07) is 7.03. The minimum atomic E-state index is -0.570. The first kappa shape index (κ1) is 14.8. The molecule has 0 aliphatic rings. The number of nitrogens with one attached hydrogen (secondary N) is 2. The Bertz CT molecular complexity index is 746. The van der Waals surface area contributed by atoms with Crippen molar-refractivity contribution in [3.63, 3.8) is 0 Å². The summed E-state index contributed by atoms with van der Waals surface area (Å²) in [7, 11) is 1.57. The van der Waals surface area contributed by atoms with Crippen LogP contribution >= 0.6 is 12.2 Å². The fourth-order valence-electron chi connectivity index (χ4n) is 1.80. The van der Waals surface area contributed by atoms with Crippen LogP contribution in [-0.2, 0) is 0 Å². The molecule has 1 heterocycles. The lowest BCUT2D eigenvalue weighted by Crippen LogP contribution is -2.23. The van der Waals surface area contributed by atoms with Gasteiger partial charge in [0.15, 0.2) is 10.9 Å². The summed E-state index contributed by atoms with van der Waals surface area (Å²) in [6.07, 6.45) is 0. The van der Waals surface area contributed by atoms with Gasteiger partial charge >= 0.3 is 0 Å². The molecule has 0 amide bonds. The molecule has 0 saturated carbocycles. The van der Waals surface area contributed by atoms with E-state index in [0.29, 0.717) is 11.4 Å². The summed E-state index contributed by atoms with van der Waals surface area (Å²) in [6.45, 7) is 1.27. The average Bonchev–Trinajstić information content (AvgIpc) is 2.75. The highest BCUT2D eigenvalue weighted by atomic mass is 32.1. The molecule has 1 aromatic carbocycles. The molecule has 2 rings (SSSR count). The summed E-state index contributed by atoms with van der Waals surface area (Å²) < 4.78 is 6.22. The molecule has 0 aliphatic carbocycles. The standard InChI is InChI=1S/C13H14N4O3S/c1-7(18)10-11(14)17(16-12(10)19)13(21)15-8-3-5-9(20-2)6-4-8/h3-6H,14H2,1-2H3,(H,15,21)(H,16,19). The van der Waals surface area contributed by atoms with Crippen molar-refractivity contribution >= 4 is 34.6 Å². The first-order valence-electron chi connectivity index (χ1n) is 6.01. The Morgan fingerprint density at radius 2 is 2.00 bits per heavy atom. The van der Waals surface area contributed by atoms with E-state index in [1.807, 2.05) is 0 Å². The Morgan fingerprint density at radius 1 is 1.38 bits per heavy atom. The van der Waals surface area contributed by atoms with Gasteiger partial charge in [-0.25, -0.2) is 4.68 Å². The van der Waals surface area contributed by atoms with Gasteiger partial charge in [0, 0.05) is 5.69 Å². The number of anilines is 2. The minimum absolute atomic E-state index is 0.0153. The first-order valence-corrected chi connectivity index (χ1v) is 6.41. The van der Waals surface area contributed by atoms with Gasteiger partial charge < -0.3 is 15.8 Å². The number of methoxy groups -OCH3 is 1. The predicted octanol–water partition coefficient (Wildman–Crippen LogP) is 1.21. The molecule has 21 heavy (non-hydrogen) atoms. The van der Waals surface area contributed by atoms with E-state index in [9.17, 15) is 9.59 Å². The highest BCUT2D eigenvalue weighted by Gasteiger charge is 2.18. The fraction of sp³-hybridized carbons (Fsp3) is 0.154. The zero-order chi connectivity index (χ0) is 15.6. The molecule has 4 N–H and O–H groups in total. The molecule has 0 fully saturated rings. The number of hydrogen-bond acceptors (Lipinski definition) is 5. The number of nitrogens with zero attached hydrogens (tertiary/aromatic N) is 1. The molecule has 0 saturated heterocycles. The Morgan fingerprint density at radius 3 is 2.48 bits per heavy atom. The Labute approximate surface area is 125 Å². The molecule has 0 bridgehead atoms. The number of carbonyl (C=O) groups excluding carboxylic acids is 1. The second kappa shape index (κ2) is 5.80. The predicted molar refractivity (Wildman–Crippen MR) is 84.1 cm³/mol. The van der Waals surface area contributed by atoms with E-state index in [1.54, 1.807) is 31.4 Å². The molecular weight excluding hydrogens is 292 g/mol. The van der Waals surface area contributed by atoms with E-state index in [-0.39, 0.29) is 16.5 Å². The van der Waals surface area contributed by atoms with Crippen LogP contribution in [0.25, 0.3) is 0 Å². The van der Waals surface area contributed by atoms with Gasteiger partial charge in [-0.3, -0.25) is 14.7 Å². The van der Waals surface area contributed by atoms with Crippen molar-refractivity contribution in [2.75, 3.05) is 18.2 Å². The van der Waals surface area contributed by atoms with Crippen LogP contribution in [0.2, 0.25) is 0 Å². The summed E-state index contributed by atoms with van der Waals surface area (Å²) in [5.74, 6) is 0.275. The average molecular weight is 306 g/mol. The molecule has 110 valence electrons. The maximum Gasteiger partial charge on any atom is 0.277 e. The third-order valence-corrected chi connectivity index (χ3v) is 3.12. The number of hydrogen-bond donors (Lipinski definition) is 3. The second-order valence-corrected chi connectivity index (χ2v) is 4.64. The highest BCUT2D eigenvalue weighted by molar-refractivity contribution is 7.80. The van der Waals surface area contributed by atoms with Gasteiger partial charge in [-0.15, -0.1) is 0 Å².